The Hall–Kier alpha value is -1.66. The molecule has 0 amide bonds. The van der Waals surface area contributed by atoms with Crippen molar-refractivity contribution in [2.24, 2.45) is 0 Å². The quantitative estimate of drug-likeness (QED) is 0.888. The molecular weight excluding hydrogens is 274 g/mol. The minimum atomic E-state index is -0.857. The smallest absolute Gasteiger partial charge is 0.336 e. The number of hydrogen-bond acceptors (Lipinski definition) is 4. The van der Waals surface area contributed by atoms with Gasteiger partial charge in [-0.1, -0.05) is 0 Å². The van der Waals surface area contributed by atoms with Gasteiger partial charge in [0.1, 0.15) is 0 Å². The number of imidazole rings is 1. The lowest BCUT2D eigenvalue weighted by Crippen LogP contribution is -2.32. The summed E-state index contributed by atoms with van der Waals surface area (Å²) in [5.74, 6) is -0.857. The number of hydrogen-bond donors (Lipinski definition) is 2. The lowest BCUT2D eigenvalue weighted by Gasteiger charge is -2.21. The molecule has 2 aromatic rings. The fourth-order valence-electron chi connectivity index (χ4n) is 2.82. The Kier molecular flexibility index (Phi) is 3.84. The van der Waals surface area contributed by atoms with Crippen LogP contribution in [-0.2, 0) is 6.54 Å². The number of carbonyl (C=O) groups is 1. The molecule has 1 fully saturated rings. The van der Waals surface area contributed by atoms with Gasteiger partial charge in [-0.15, -0.1) is 11.3 Å². The van der Waals surface area contributed by atoms with Crippen LogP contribution in [0.4, 0.5) is 0 Å². The zero-order valence-corrected chi connectivity index (χ0v) is 11.8. The van der Waals surface area contributed by atoms with Gasteiger partial charge in [0.2, 0.25) is 0 Å². The molecule has 2 heterocycles. The van der Waals surface area contributed by atoms with E-state index in [1.807, 2.05) is 18.7 Å². The van der Waals surface area contributed by atoms with Crippen molar-refractivity contribution < 1.29 is 9.90 Å². The Morgan fingerprint density at radius 2 is 2.45 bits per heavy atom. The predicted octanol–water partition coefficient (Wildman–Crippen LogP) is 2.53. The van der Waals surface area contributed by atoms with E-state index in [1.54, 1.807) is 11.4 Å². The van der Waals surface area contributed by atoms with Gasteiger partial charge in [0.15, 0.2) is 0 Å². The summed E-state index contributed by atoms with van der Waals surface area (Å²) in [6.07, 6.45) is 9.23. The maximum Gasteiger partial charge on any atom is 0.336 e. The number of rotatable bonds is 5. The van der Waals surface area contributed by atoms with E-state index >= 15 is 0 Å². The van der Waals surface area contributed by atoms with Crippen molar-refractivity contribution in [1.29, 1.82) is 0 Å². The van der Waals surface area contributed by atoms with Crippen molar-refractivity contribution in [2.75, 3.05) is 0 Å². The highest BCUT2D eigenvalue weighted by Gasteiger charge is 2.27. The molecule has 0 saturated heterocycles. The third-order valence-electron chi connectivity index (χ3n) is 3.83. The van der Waals surface area contributed by atoms with Gasteiger partial charge in [0, 0.05) is 41.3 Å². The second kappa shape index (κ2) is 5.76. The molecule has 0 bridgehead atoms. The van der Waals surface area contributed by atoms with E-state index in [2.05, 4.69) is 14.9 Å². The van der Waals surface area contributed by atoms with Crippen LogP contribution in [0.2, 0.25) is 0 Å². The predicted molar refractivity (Wildman–Crippen MR) is 77.0 cm³/mol. The molecule has 5 nitrogen and oxygen atoms in total. The van der Waals surface area contributed by atoms with Gasteiger partial charge in [-0.25, -0.2) is 9.78 Å². The number of aromatic carboxylic acids is 1. The molecular formula is C14H17N3O2S. The summed E-state index contributed by atoms with van der Waals surface area (Å²) < 4.78 is 2.17. The Bertz CT molecular complexity index is 579. The molecule has 106 valence electrons. The summed E-state index contributed by atoms with van der Waals surface area (Å²) in [5, 5.41) is 14.2. The molecule has 2 atom stereocenters. The van der Waals surface area contributed by atoms with Crippen molar-refractivity contribution in [3.63, 3.8) is 0 Å². The molecule has 0 spiro atoms. The Labute approximate surface area is 121 Å². The molecule has 2 N–H and O–H groups in total. The first-order valence-corrected chi connectivity index (χ1v) is 7.63. The number of carboxylic acid groups (broad SMARTS) is 1. The Balaban J connectivity index is 1.61. The van der Waals surface area contributed by atoms with Crippen LogP contribution < -0.4 is 5.32 Å². The average Bonchev–Trinajstić information content (AvgIpc) is 3.17. The summed E-state index contributed by atoms with van der Waals surface area (Å²) >= 11 is 1.50. The summed E-state index contributed by atoms with van der Waals surface area (Å²) in [6, 6.07) is 2.64. The first kappa shape index (κ1) is 13.3. The van der Waals surface area contributed by atoms with Crippen molar-refractivity contribution >= 4 is 17.3 Å². The van der Waals surface area contributed by atoms with E-state index in [-0.39, 0.29) is 0 Å². The van der Waals surface area contributed by atoms with E-state index in [4.69, 9.17) is 5.11 Å². The van der Waals surface area contributed by atoms with Crippen LogP contribution in [-0.4, -0.2) is 26.7 Å². The molecule has 6 heteroatoms. The number of nitrogens with one attached hydrogen (secondary N) is 1. The number of thiophene rings is 1. The van der Waals surface area contributed by atoms with Crippen LogP contribution >= 0.6 is 11.3 Å². The Morgan fingerprint density at radius 3 is 3.15 bits per heavy atom. The van der Waals surface area contributed by atoms with Gasteiger partial charge < -0.3 is 15.0 Å². The molecule has 1 saturated carbocycles. The molecule has 0 aromatic carbocycles. The third kappa shape index (κ3) is 2.76. The van der Waals surface area contributed by atoms with Gasteiger partial charge in [-0.2, -0.15) is 0 Å². The summed E-state index contributed by atoms with van der Waals surface area (Å²) in [7, 11) is 0. The number of nitrogens with zero attached hydrogens (tertiary/aromatic N) is 2. The summed E-state index contributed by atoms with van der Waals surface area (Å²) in [4.78, 5) is 16.0. The van der Waals surface area contributed by atoms with Gasteiger partial charge >= 0.3 is 5.97 Å². The van der Waals surface area contributed by atoms with Crippen molar-refractivity contribution in [3.05, 3.63) is 40.6 Å². The van der Waals surface area contributed by atoms with E-state index in [0.717, 1.165) is 17.8 Å². The standard InChI is InChI=1S/C14H17N3O2S/c18-14(19)10-6-11(20-8-10)7-16-12-2-1-3-13(12)17-5-4-15-9-17/h4-6,8-9,12-13,16H,1-3,7H2,(H,18,19). The van der Waals surface area contributed by atoms with Crippen LogP contribution in [0.5, 0.6) is 0 Å². The SMILES string of the molecule is O=C(O)c1csc(CNC2CCCC2n2ccnc2)c1. The maximum atomic E-state index is 10.9. The first-order valence-electron chi connectivity index (χ1n) is 6.75. The summed E-state index contributed by atoms with van der Waals surface area (Å²) in [6.45, 7) is 0.730. The fraction of sp³-hybridized carbons (Fsp3) is 0.429. The second-order valence-electron chi connectivity index (χ2n) is 5.10. The topological polar surface area (TPSA) is 67.2 Å². The molecule has 0 aliphatic heterocycles. The van der Waals surface area contributed by atoms with Crippen LogP contribution in [0.3, 0.4) is 0 Å². The fourth-order valence-corrected chi connectivity index (χ4v) is 3.63. The molecule has 20 heavy (non-hydrogen) atoms. The van der Waals surface area contributed by atoms with Gasteiger partial charge in [-0.3, -0.25) is 0 Å². The highest BCUT2D eigenvalue weighted by Crippen LogP contribution is 2.30. The molecule has 2 aromatic heterocycles. The van der Waals surface area contributed by atoms with Crippen LogP contribution in [0.15, 0.2) is 30.2 Å². The largest absolute Gasteiger partial charge is 0.478 e. The number of aromatic nitrogens is 2. The van der Waals surface area contributed by atoms with E-state index in [1.165, 1.54) is 24.2 Å². The lowest BCUT2D eigenvalue weighted by atomic mass is 10.1. The zero-order chi connectivity index (χ0) is 13.9. The maximum absolute atomic E-state index is 10.9. The van der Waals surface area contributed by atoms with Crippen LogP contribution in [0.1, 0.15) is 40.5 Å². The first-order chi connectivity index (χ1) is 9.74. The average molecular weight is 291 g/mol. The minimum absolute atomic E-state index is 0.379. The van der Waals surface area contributed by atoms with Crippen molar-refractivity contribution in [3.8, 4) is 0 Å². The zero-order valence-electron chi connectivity index (χ0n) is 11.0. The highest BCUT2D eigenvalue weighted by molar-refractivity contribution is 7.10. The van der Waals surface area contributed by atoms with Crippen molar-refractivity contribution in [2.45, 2.75) is 37.9 Å². The molecule has 1 aliphatic carbocycles. The third-order valence-corrected chi connectivity index (χ3v) is 4.76. The minimum Gasteiger partial charge on any atom is -0.478 e. The molecule has 1 aliphatic rings. The molecule has 2 unspecified atom stereocenters. The normalized spacial score (nSPS) is 22.2. The van der Waals surface area contributed by atoms with E-state index in [9.17, 15) is 4.79 Å². The Morgan fingerprint density at radius 1 is 1.55 bits per heavy atom. The lowest BCUT2D eigenvalue weighted by molar-refractivity contribution is 0.0697. The van der Waals surface area contributed by atoms with Crippen molar-refractivity contribution in [1.82, 2.24) is 14.9 Å². The molecule has 3 rings (SSSR count). The van der Waals surface area contributed by atoms with Gasteiger partial charge in [0.05, 0.1) is 11.9 Å². The van der Waals surface area contributed by atoms with Gasteiger partial charge in [0.25, 0.3) is 0 Å². The summed E-state index contributed by atoms with van der Waals surface area (Å²) in [5.41, 5.74) is 0.379. The van der Waals surface area contributed by atoms with Crippen LogP contribution in [0.25, 0.3) is 0 Å². The highest BCUT2D eigenvalue weighted by atomic mass is 32.1. The number of carboxylic acids is 1. The van der Waals surface area contributed by atoms with Crippen LogP contribution in [0, 0.1) is 0 Å². The van der Waals surface area contributed by atoms with E-state index < -0.39 is 5.97 Å². The van der Waals surface area contributed by atoms with Gasteiger partial charge in [-0.05, 0) is 25.3 Å². The van der Waals surface area contributed by atoms with E-state index in [0.29, 0.717) is 17.6 Å². The monoisotopic (exact) mass is 291 g/mol. The molecule has 0 radical (unpaired) electrons. The second-order valence-corrected chi connectivity index (χ2v) is 6.10.